The van der Waals surface area contributed by atoms with E-state index in [0.717, 1.165) is 24.2 Å². The normalized spacial score (nSPS) is 21.0. The molecule has 2 saturated heterocycles. The number of aryl methyl sites for hydroxylation is 1. The van der Waals surface area contributed by atoms with E-state index in [1.165, 1.54) is 7.11 Å². The summed E-state index contributed by atoms with van der Waals surface area (Å²) in [5.41, 5.74) is 1.16. The summed E-state index contributed by atoms with van der Waals surface area (Å²) in [4.78, 5) is 28.2. The standard InChI is InChI=1S/C19H26N2O4/c1-14-5-3-7-16(9-14)25-17-11-21(12-17)19(23)15-6-4-8-20(10-15)18(22)13-24-2/h3,5,7,9,15,17H,4,6,8,10-13H2,1-2H3. The first kappa shape index (κ1) is 17.7. The third-order valence-corrected chi connectivity index (χ3v) is 4.84. The summed E-state index contributed by atoms with van der Waals surface area (Å²) in [5.74, 6) is 0.851. The Morgan fingerprint density at radius 3 is 2.72 bits per heavy atom. The van der Waals surface area contributed by atoms with Crippen LogP contribution in [0.5, 0.6) is 5.75 Å². The Balaban J connectivity index is 1.47. The van der Waals surface area contributed by atoms with Crippen LogP contribution in [0.4, 0.5) is 0 Å². The first-order chi connectivity index (χ1) is 12.1. The lowest BCUT2D eigenvalue weighted by atomic mass is 9.94. The van der Waals surface area contributed by atoms with Crippen LogP contribution in [0.2, 0.25) is 0 Å². The van der Waals surface area contributed by atoms with E-state index >= 15 is 0 Å². The van der Waals surface area contributed by atoms with Crippen LogP contribution in [-0.2, 0) is 14.3 Å². The van der Waals surface area contributed by atoms with Crippen molar-refractivity contribution in [3.8, 4) is 5.75 Å². The zero-order valence-electron chi connectivity index (χ0n) is 14.9. The molecule has 0 bridgehead atoms. The van der Waals surface area contributed by atoms with E-state index in [0.29, 0.717) is 26.2 Å². The molecular formula is C19H26N2O4. The Morgan fingerprint density at radius 2 is 2.00 bits per heavy atom. The predicted octanol–water partition coefficient (Wildman–Crippen LogP) is 1.47. The van der Waals surface area contributed by atoms with Crippen molar-refractivity contribution in [1.29, 1.82) is 0 Å². The number of likely N-dealkylation sites (tertiary alicyclic amines) is 2. The lowest BCUT2D eigenvalue weighted by Crippen LogP contribution is -2.59. The van der Waals surface area contributed by atoms with Crippen molar-refractivity contribution in [3.63, 3.8) is 0 Å². The number of carbonyl (C=O) groups excluding carboxylic acids is 2. The average molecular weight is 346 g/mol. The number of hydrogen-bond donors (Lipinski definition) is 0. The van der Waals surface area contributed by atoms with Gasteiger partial charge in [0.1, 0.15) is 18.5 Å². The van der Waals surface area contributed by atoms with Gasteiger partial charge in [0.05, 0.1) is 19.0 Å². The number of benzene rings is 1. The second kappa shape index (κ2) is 7.87. The van der Waals surface area contributed by atoms with Crippen LogP contribution >= 0.6 is 0 Å². The number of carbonyl (C=O) groups is 2. The zero-order valence-corrected chi connectivity index (χ0v) is 14.9. The minimum atomic E-state index is -0.102. The summed E-state index contributed by atoms with van der Waals surface area (Å²) >= 11 is 0. The second-order valence-corrected chi connectivity index (χ2v) is 6.91. The van der Waals surface area contributed by atoms with Crippen molar-refractivity contribution in [2.75, 3.05) is 39.9 Å². The molecule has 1 aromatic carbocycles. The van der Waals surface area contributed by atoms with Gasteiger partial charge >= 0.3 is 0 Å². The summed E-state index contributed by atoms with van der Waals surface area (Å²) in [6.07, 6.45) is 1.76. The molecule has 0 aliphatic carbocycles. The fourth-order valence-electron chi connectivity index (χ4n) is 3.45. The van der Waals surface area contributed by atoms with E-state index in [-0.39, 0.29) is 30.4 Å². The van der Waals surface area contributed by atoms with Crippen molar-refractivity contribution >= 4 is 11.8 Å². The Kier molecular flexibility index (Phi) is 5.58. The highest BCUT2D eigenvalue weighted by Gasteiger charge is 2.37. The Bertz CT molecular complexity index is 628. The quantitative estimate of drug-likeness (QED) is 0.810. The maximum Gasteiger partial charge on any atom is 0.248 e. The lowest BCUT2D eigenvalue weighted by molar-refractivity contribution is -0.148. The van der Waals surface area contributed by atoms with E-state index in [9.17, 15) is 9.59 Å². The highest BCUT2D eigenvalue weighted by atomic mass is 16.5. The Labute approximate surface area is 148 Å². The van der Waals surface area contributed by atoms with E-state index in [4.69, 9.17) is 9.47 Å². The molecule has 2 aliphatic heterocycles. The van der Waals surface area contributed by atoms with Crippen molar-refractivity contribution in [2.45, 2.75) is 25.9 Å². The summed E-state index contributed by atoms with van der Waals surface area (Å²) < 4.78 is 10.8. The van der Waals surface area contributed by atoms with Crippen LogP contribution in [0.25, 0.3) is 0 Å². The number of piperidine rings is 1. The third kappa shape index (κ3) is 4.31. The van der Waals surface area contributed by atoms with Crippen LogP contribution < -0.4 is 4.74 Å². The van der Waals surface area contributed by atoms with Crippen molar-refractivity contribution in [3.05, 3.63) is 29.8 Å². The molecule has 6 nitrogen and oxygen atoms in total. The van der Waals surface area contributed by atoms with Gasteiger partial charge in [-0.25, -0.2) is 0 Å². The number of hydrogen-bond acceptors (Lipinski definition) is 4. The van der Waals surface area contributed by atoms with Crippen molar-refractivity contribution in [2.24, 2.45) is 5.92 Å². The number of amides is 2. The van der Waals surface area contributed by atoms with Crippen molar-refractivity contribution in [1.82, 2.24) is 9.80 Å². The van der Waals surface area contributed by atoms with E-state index < -0.39 is 0 Å². The highest BCUT2D eigenvalue weighted by Crippen LogP contribution is 2.24. The molecule has 0 spiro atoms. The van der Waals surface area contributed by atoms with Gasteiger partial charge in [-0.3, -0.25) is 9.59 Å². The molecule has 2 aliphatic rings. The van der Waals surface area contributed by atoms with Gasteiger partial charge in [0.2, 0.25) is 11.8 Å². The first-order valence-corrected chi connectivity index (χ1v) is 8.85. The second-order valence-electron chi connectivity index (χ2n) is 6.91. The van der Waals surface area contributed by atoms with Gasteiger partial charge in [-0.1, -0.05) is 12.1 Å². The molecule has 136 valence electrons. The molecule has 3 rings (SSSR count). The smallest absolute Gasteiger partial charge is 0.248 e. The van der Waals surface area contributed by atoms with Gasteiger partial charge in [0.25, 0.3) is 0 Å². The molecule has 1 aromatic rings. The van der Waals surface area contributed by atoms with Gasteiger partial charge < -0.3 is 19.3 Å². The summed E-state index contributed by atoms with van der Waals surface area (Å²) in [6.45, 7) is 4.57. The van der Waals surface area contributed by atoms with Gasteiger partial charge in [-0.15, -0.1) is 0 Å². The molecule has 0 aromatic heterocycles. The van der Waals surface area contributed by atoms with Gasteiger partial charge in [-0.05, 0) is 37.5 Å². The van der Waals surface area contributed by atoms with Crippen molar-refractivity contribution < 1.29 is 19.1 Å². The van der Waals surface area contributed by atoms with Crippen LogP contribution in [0.15, 0.2) is 24.3 Å². The Hall–Kier alpha value is -2.08. The minimum Gasteiger partial charge on any atom is -0.487 e. The average Bonchev–Trinajstić information content (AvgIpc) is 2.57. The zero-order chi connectivity index (χ0) is 17.8. The molecule has 1 unspecified atom stereocenters. The minimum absolute atomic E-state index is 0.0377. The summed E-state index contributed by atoms with van der Waals surface area (Å²) in [6, 6.07) is 7.95. The fourth-order valence-corrected chi connectivity index (χ4v) is 3.45. The molecule has 0 N–H and O–H groups in total. The highest BCUT2D eigenvalue weighted by molar-refractivity contribution is 5.82. The molecule has 1 atom stereocenters. The lowest BCUT2D eigenvalue weighted by Gasteiger charge is -2.42. The molecule has 6 heteroatoms. The first-order valence-electron chi connectivity index (χ1n) is 8.85. The molecular weight excluding hydrogens is 320 g/mol. The summed E-state index contributed by atoms with van der Waals surface area (Å²) in [7, 11) is 1.51. The summed E-state index contributed by atoms with van der Waals surface area (Å²) in [5, 5.41) is 0. The van der Waals surface area contributed by atoms with Gasteiger partial charge in [-0.2, -0.15) is 0 Å². The van der Waals surface area contributed by atoms with Crippen LogP contribution in [0.1, 0.15) is 18.4 Å². The number of rotatable bonds is 5. The SMILES string of the molecule is COCC(=O)N1CCCC(C(=O)N2CC(Oc3cccc(C)c3)C2)C1. The molecule has 2 fully saturated rings. The number of methoxy groups -OCH3 is 1. The molecule has 2 amide bonds. The monoisotopic (exact) mass is 346 g/mol. The Morgan fingerprint density at radius 1 is 1.20 bits per heavy atom. The van der Waals surface area contributed by atoms with Gasteiger partial charge in [0, 0.05) is 20.2 Å². The van der Waals surface area contributed by atoms with Crippen LogP contribution in [0.3, 0.4) is 0 Å². The topological polar surface area (TPSA) is 59.1 Å². The molecule has 0 saturated carbocycles. The molecule has 0 radical (unpaired) electrons. The molecule has 25 heavy (non-hydrogen) atoms. The third-order valence-electron chi connectivity index (χ3n) is 4.84. The maximum atomic E-state index is 12.7. The van der Waals surface area contributed by atoms with E-state index in [2.05, 4.69) is 0 Å². The van der Waals surface area contributed by atoms with E-state index in [1.807, 2.05) is 36.1 Å². The number of nitrogens with zero attached hydrogens (tertiary/aromatic N) is 2. The maximum absolute atomic E-state index is 12.7. The van der Waals surface area contributed by atoms with Crippen LogP contribution in [-0.4, -0.2) is 67.6 Å². The molecule has 2 heterocycles. The van der Waals surface area contributed by atoms with E-state index in [1.54, 1.807) is 4.90 Å². The predicted molar refractivity (Wildman–Crippen MR) is 93.4 cm³/mol. The van der Waals surface area contributed by atoms with Crippen LogP contribution in [0, 0.1) is 12.8 Å². The largest absolute Gasteiger partial charge is 0.487 e. The van der Waals surface area contributed by atoms with Gasteiger partial charge in [0.15, 0.2) is 0 Å². The number of ether oxygens (including phenoxy) is 2. The fraction of sp³-hybridized carbons (Fsp3) is 0.579.